The highest BCUT2D eigenvalue weighted by Crippen LogP contribution is 2.32. The fourth-order valence-electron chi connectivity index (χ4n) is 3.61. The molecular weight excluding hydrogens is 481 g/mol. The molecule has 29 heavy (non-hydrogen) atoms. The Hall–Kier alpha value is -2.07. The molecule has 4 rings (SSSR count). The lowest BCUT2D eigenvalue weighted by Gasteiger charge is -2.36. The number of nitrogens with zero attached hydrogens (tertiary/aromatic N) is 4. The van der Waals surface area contributed by atoms with Gasteiger partial charge in [-0.05, 0) is 36.2 Å². The SMILES string of the molecule is CN=C(NCc1ncccc1C)N1CCN(Cc2ccc3c(c2)OCO3)CC1.I. The lowest BCUT2D eigenvalue weighted by Crippen LogP contribution is -2.52. The Kier molecular flexibility index (Phi) is 7.54. The summed E-state index contributed by atoms with van der Waals surface area (Å²) in [6.07, 6.45) is 1.83. The largest absolute Gasteiger partial charge is 0.454 e. The third-order valence-corrected chi connectivity index (χ3v) is 5.26. The Labute approximate surface area is 189 Å². The normalized spacial score (nSPS) is 16.5. The van der Waals surface area contributed by atoms with Gasteiger partial charge in [0.1, 0.15) is 0 Å². The number of aryl methyl sites for hydroxylation is 1. The number of nitrogens with one attached hydrogen (secondary N) is 1. The molecule has 2 aliphatic rings. The number of hydrogen-bond donors (Lipinski definition) is 1. The predicted molar refractivity (Wildman–Crippen MR) is 124 cm³/mol. The predicted octanol–water partition coefficient (Wildman–Crippen LogP) is 2.63. The highest BCUT2D eigenvalue weighted by atomic mass is 127. The molecule has 2 aliphatic heterocycles. The molecule has 0 saturated carbocycles. The number of benzene rings is 1. The van der Waals surface area contributed by atoms with Crippen molar-refractivity contribution < 1.29 is 9.47 Å². The van der Waals surface area contributed by atoms with Crippen LogP contribution in [0.2, 0.25) is 0 Å². The third kappa shape index (κ3) is 5.30. The van der Waals surface area contributed by atoms with Gasteiger partial charge >= 0.3 is 0 Å². The summed E-state index contributed by atoms with van der Waals surface area (Å²) < 4.78 is 10.9. The van der Waals surface area contributed by atoms with Crippen LogP contribution in [0.4, 0.5) is 0 Å². The molecule has 1 aromatic carbocycles. The van der Waals surface area contributed by atoms with Gasteiger partial charge in [0.15, 0.2) is 17.5 Å². The first-order valence-electron chi connectivity index (χ1n) is 9.70. The first-order chi connectivity index (χ1) is 13.7. The molecule has 1 fully saturated rings. The van der Waals surface area contributed by atoms with Crippen LogP contribution < -0.4 is 14.8 Å². The molecule has 0 radical (unpaired) electrons. The fourth-order valence-corrected chi connectivity index (χ4v) is 3.61. The van der Waals surface area contributed by atoms with Crippen molar-refractivity contribution >= 4 is 29.9 Å². The van der Waals surface area contributed by atoms with Gasteiger partial charge in [-0.1, -0.05) is 12.1 Å². The van der Waals surface area contributed by atoms with Crippen LogP contribution in [0.1, 0.15) is 16.8 Å². The number of pyridine rings is 1. The van der Waals surface area contributed by atoms with E-state index in [0.717, 1.165) is 55.9 Å². The zero-order valence-electron chi connectivity index (χ0n) is 16.9. The lowest BCUT2D eigenvalue weighted by molar-refractivity contribution is 0.171. The zero-order chi connectivity index (χ0) is 19.3. The summed E-state index contributed by atoms with van der Waals surface area (Å²) in [5.74, 6) is 2.63. The van der Waals surface area contributed by atoms with Gasteiger partial charge < -0.3 is 19.7 Å². The van der Waals surface area contributed by atoms with Gasteiger partial charge in [0.2, 0.25) is 6.79 Å². The summed E-state index contributed by atoms with van der Waals surface area (Å²) in [5.41, 5.74) is 3.51. The maximum Gasteiger partial charge on any atom is 0.231 e. The summed E-state index contributed by atoms with van der Waals surface area (Å²) >= 11 is 0. The second-order valence-corrected chi connectivity index (χ2v) is 7.12. The van der Waals surface area contributed by atoms with Crippen molar-refractivity contribution in [2.75, 3.05) is 40.0 Å². The van der Waals surface area contributed by atoms with E-state index in [1.54, 1.807) is 0 Å². The van der Waals surface area contributed by atoms with E-state index in [1.807, 2.05) is 25.4 Å². The Morgan fingerprint density at radius 3 is 2.69 bits per heavy atom. The van der Waals surface area contributed by atoms with Crippen LogP contribution in [0.3, 0.4) is 0 Å². The molecule has 0 bridgehead atoms. The van der Waals surface area contributed by atoms with Gasteiger partial charge in [-0.25, -0.2) is 0 Å². The van der Waals surface area contributed by atoms with Crippen molar-refractivity contribution in [2.45, 2.75) is 20.0 Å². The van der Waals surface area contributed by atoms with Crippen LogP contribution in [0.25, 0.3) is 0 Å². The number of ether oxygens (including phenoxy) is 2. The molecule has 7 nitrogen and oxygen atoms in total. The van der Waals surface area contributed by atoms with Crippen LogP contribution in [0, 0.1) is 6.92 Å². The topological polar surface area (TPSA) is 62.2 Å². The van der Waals surface area contributed by atoms with Crippen LogP contribution in [-0.4, -0.2) is 60.8 Å². The molecule has 0 spiro atoms. The number of guanidine groups is 1. The first kappa shape index (κ1) is 21.6. The van der Waals surface area contributed by atoms with Crippen LogP contribution >= 0.6 is 24.0 Å². The van der Waals surface area contributed by atoms with Crippen molar-refractivity contribution in [3.8, 4) is 11.5 Å². The smallest absolute Gasteiger partial charge is 0.231 e. The number of piperazine rings is 1. The van der Waals surface area contributed by atoms with Gasteiger partial charge in [-0.3, -0.25) is 14.9 Å². The van der Waals surface area contributed by atoms with E-state index >= 15 is 0 Å². The van der Waals surface area contributed by atoms with Gasteiger partial charge in [0, 0.05) is 46.0 Å². The Morgan fingerprint density at radius 1 is 1.14 bits per heavy atom. The number of rotatable bonds is 4. The minimum atomic E-state index is 0. The molecule has 0 atom stereocenters. The minimum absolute atomic E-state index is 0. The molecule has 0 unspecified atom stereocenters. The Balaban J connectivity index is 0.00000240. The van der Waals surface area contributed by atoms with Crippen molar-refractivity contribution in [1.29, 1.82) is 0 Å². The number of fused-ring (bicyclic) bond motifs is 1. The average molecular weight is 509 g/mol. The minimum Gasteiger partial charge on any atom is -0.454 e. The van der Waals surface area contributed by atoms with E-state index in [9.17, 15) is 0 Å². The number of aliphatic imine (C=N–C) groups is 1. The summed E-state index contributed by atoms with van der Waals surface area (Å²) in [4.78, 5) is 13.7. The van der Waals surface area contributed by atoms with Gasteiger partial charge in [-0.15, -0.1) is 24.0 Å². The van der Waals surface area contributed by atoms with Crippen LogP contribution in [0.5, 0.6) is 11.5 Å². The van der Waals surface area contributed by atoms with E-state index < -0.39 is 0 Å². The lowest BCUT2D eigenvalue weighted by atomic mass is 10.1. The molecule has 0 amide bonds. The number of aromatic nitrogens is 1. The summed E-state index contributed by atoms with van der Waals surface area (Å²) in [6.45, 7) is 7.91. The monoisotopic (exact) mass is 509 g/mol. The molecule has 8 heteroatoms. The van der Waals surface area contributed by atoms with E-state index in [0.29, 0.717) is 13.3 Å². The average Bonchev–Trinajstić information content (AvgIpc) is 3.19. The molecule has 3 heterocycles. The molecule has 1 N–H and O–H groups in total. The standard InChI is InChI=1S/C21H27N5O2.HI/c1-16-4-3-7-23-18(16)13-24-21(22-2)26-10-8-25(9-11-26)14-17-5-6-19-20(12-17)28-15-27-19;/h3-7,12H,8-11,13-15H2,1-2H3,(H,22,24);1H. The van der Waals surface area contributed by atoms with Gasteiger partial charge in [0.25, 0.3) is 0 Å². The molecular formula is C21H28IN5O2. The highest BCUT2D eigenvalue weighted by molar-refractivity contribution is 14.0. The first-order valence-corrected chi connectivity index (χ1v) is 9.70. The molecule has 1 aromatic heterocycles. The maximum absolute atomic E-state index is 5.49. The van der Waals surface area contributed by atoms with Crippen LogP contribution in [-0.2, 0) is 13.1 Å². The zero-order valence-corrected chi connectivity index (χ0v) is 19.3. The molecule has 0 aliphatic carbocycles. The van der Waals surface area contributed by atoms with Gasteiger partial charge in [0.05, 0.1) is 12.2 Å². The van der Waals surface area contributed by atoms with Crippen molar-refractivity contribution in [1.82, 2.24) is 20.1 Å². The third-order valence-electron chi connectivity index (χ3n) is 5.26. The maximum atomic E-state index is 5.49. The van der Waals surface area contributed by atoms with Crippen molar-refractivity contribution in [3.63, 3.8) is 0 Å². The quantitative estimate of drug-likeness (QED) is 0.389. The van der Waals surface area contributed by atoms with E-state index in [1.165, 1.54) is 11.1 Å². The number of halogens is 1. The molecule has 2 aromatic rings. The Morgan fingerprint density at radius 2 is 1.93 bits per heavy atom. The summed E-state index contributed by atoms with van der Waals surface area (Å²) in [5, 5.41) is 3.45. The van der Waals surface area contributed by atoms with Gasteiger partial charge in [-0.2, -0.15) is 0 Å². The second-order valence-electron chi connectivity index (χ2n) is 7.12. The van der Waals surface area contributed by atoms with E-state index in [2.05, 4.69) is 50.2 Å². The summed E-state index contributed by atoms with van der Waals surface area (Å²) in [6, 6.07) is 10.3. The molecule has 156 valence electrons. The van der Waals surface area contributed by atoms with Crippen molar-refractivity contribution in [2.24, 2.45) is 4.99 Å². The second kappa shape index (κ2) is 10.1. The van der Waals surface area contributed by atoms with Crippen molar-refractivity contribution in [3.05, 3.63) is 53.3 Å². The van der Waals surface area contributed by atoms with Crippen LogP contribution in [0.15, 0.2) is 41.5 Å². The fraction of sp³-hybridized carbons (Fsp3) is 0.429. The highest BCUT2D eigenvalue weighted by Gasteiger charge is 2.21. The van der Waals surface area contributed by atoms with E-state index in [4.69, 9.17) is 9.47 Å². The summed E-state index contributed by atoms with van der Waals surface area (Å²) in [7, 11) is 1.84. The molecule has 1 saturated heterocycles. The Bertz CT molecular complexity index is 853. The number of hydrogen-bond acceptors (Lipinski definition) is 5. The van der Waals surface area contributed by atoms with E-state index in [-0.39, 0.29) is 24.0 Å².